The standard InChI is InChI=1S/C28H31N3O5S/c32-19-28(33)36-20-35-27-9-7-21-6-8-22(18-24(21)29-27)34-16-2-1-11-30-12-14-31(15-13-30)25-4-3-5-26-23(25)10-17-37-26/h3-10,17-18,32H,1-2,11-16,19-20H2. The number of hydrogen-bond acceptors (Lipinski definition) is 9. The summed E-state index contributed by atoms with van der Waals surface area (Å²) in [4.78, 5) is 20.5. The number of thiophene rings is 1. The van der Waals surface area contributed by atoms with Crippen molar-refractivity contribution in [1.82, 2.24) is 9.88 Å². The van der Waals surface area contributed by atoms with Gasteiger partial charge < -0.3 is 24.2 Å². The molecule has 1 aliphatic rings. The van der Waals surface area contributed by atoms with E-state index in [1.165, 1.54) is 15.8 Å². The first-order valence-electron chi connectivity index (χ1n) is 12.6. The van der Waals surface area contributed by atoms with Crippen molar-refractivity contribution in [1.29, 1.82) is 0 Å². The van der Waals surface area contributed by atoms with E-state index in [4.69, 9.17) is 19.3 Å². The molecule has 2 aromatic heterocycles. The Hall–Kier alpha value is -3.40. The van der Waals surface area contributed by atoms with E-state index in [1.54, 1.807) is 17.4 Å². The van der Waals surface area contributed by atoms with Crippen molar-refractivity contribution in [3.63, 3.8) is 0 Å². The van der Waals surface area contributed by atoms with Gasteiger partial charge in [-0.25, -0.2) is 9.78 Å². The maximum absolute atomic E-state index is 11.0. The molecule has 1 saturated heterocycles. The minimum absolute atomic E-state index is 0.298. The fraction of sp³-hybridized carbons (Fsp3) is 0.357. The zero-order valence-corrected chi connectivity index (χ0v) is 21.5. The van der Waals surface area contributed by atoms with Gasteiger partial charge in [0, 0.05) is 59.5 Å². The van der Waals surface area contributed by atoms with Crippen LogP contribution in [0.4, 0.5) is 5.69 Å². The third-order valence-corrected chi connectivity index (χ3v) is 7.40. The van der Waals surface area contributed by atoms with Crippen LogP contribution in [0, 0.1) is 0 Å². The molecule has 0 amide bonds. The zero-order chi connectivity index (χ0) is 25.5. The molecule has 0 spiro atoms. The summed E-state index contributed by atoms with van der Waals surface area (Å²) in [5.41, 5.74) is 2.10. The number of piperazine rings is 1. The second-order valence-corrected chi connectivity index (χ2v) is 9.88. The molecule has 0 unspecified atom stereocenters. The number of unbranched alkanes of at least 4 members (excludes halogenated alkanes) is 1. The number of carbonyl (C=O) groups is 1. The van der Waals surface area contributed by atoms with Gasteiger partial charge in [-0.3, -0.25) is 4.90 Å². The molecule has 8 nitrogen and oxygen atoms in total. The number of anilines is 1. The van der Waals surface area contributed by atoms with Crippen LogP contribution in [0.5, 0.6) is 11.6 Å². The maximum Gasteiger partial charge on any atom is 0.334 e. The van der Waals surface area contributed by atoms with Gasteiger partial charge in [0.1, 0.15) is 12.4 Å². The minimum Gasteiger partial charge on any atom is -0.494 e. The van der Waals surface area contributed by atoms with Gasteiger partial charge in [-0.1, -0.05) is 6.07 Å². The molecule has 0 aliphatic carbocycles. The first kappa shape index (κ1) is 25.3. The molecule has 0 atom stereocenters. The van der Waals surface area contributed by atoms with Crippen LogP contribution in [0.1, 0.15) is 12.8 Å². The van der Waals surface area contributed by atoms with Crippen molar-refractivity contribution < 1.29 is 24.1 Å². The van der Waals surface area contributed by atoms with E-state index >= 15 is 0 Å². The number of pyridine rings is 1. The fourth-order valence-corrected chi connectivity index (χ4v) is 5.35. The SMILES string of the molecule is O=C(CO)OCOc1ccc2ccc(OCCCCN3CCN(c4cccc5sccc45)CC3)cc2n1. The summed E-state index contributed by atoms with van der Waals surface area (Å²) in [6.07, 6.45) is 2.08. The molecule has 0 radical (unpaired) electrons. The summed E-state index contributed by atoms with van der Waals surface area (Å²) >= 11 is 1.81. The van der Waals surface area contributed by atoms with Crippen LogP contribution in [0.25, 0.3) is 21.0 Å². The maximum atomic E-state index is 11.0. The van der Waals surface area contributed by atoms with Crippen LogP contribution < -0.4 is 14.4 Å². The van der Waals surface area contributed by atoms with Gasteiger partial charge in [-0.05, 0) is 61.2 Å². The zero-order valence-electron chi connectivity index (χ0n) is 20.7. The van der Waals surface area contributed by atoms with Crippen LogP contribution >= 0.6 is 11.3 Å². The Labute approximate surface area is 220 Å². The van der Waals surface area contributed by atoms with E-state index in [9.17, 15) is 4.79 Å². The summed E-state index contributed by atoms with van der Waals surface area (Å²) in [6, 6.07) is 18.2. The number of rotatable bonds is 11. The topological polar surface area (TPSA) is 84.4 Å². The highest BCUT2D eigenvalue weighted by molar-refractivity contribution is 7.17. The highest BCUT2D eigenvalue weighted by Gasteiger charge is 2.18. The Balaban J connectivity index is 1.03. The number of esters is 1. The average molecular weight is 522 g/mol. The molecule has 2 aromatic carbocycles. The lowest BCUT2D eigenvalue weighted by Gasteiger charge is -2.36. The first-order chi connectivity index (χ1) is 18.2. The fourth-order valence-electron chi connectivity index (χ4n) is 4.54. The Morgan fingerprint density at radius 2 is 1.86 bits per heavy atom. The quantitative estimate of drug-likeness (QED) is 0.178. The van der Waals surface area contributed by atoms with Crippen molar-refractivity contribution in [3.8, 4) is 11.6 Å². The number of carbonyl (C=O) groups excluding carboxylic acids is 1. The number of nitrogens with zero attached hydrogens (tertiary/aromatic N) is 3. The summed E-state index contributed by atoms with van der Waals surface area (Å²) in [6.45, 7) is 5.05. The van der Waals surface area contributed by atoms with Crippen molar-refractivity contribution in [2.75, 3.05) is 57.6 Å². The van der Waals surface area contributed by atoms with E-state index in [2.05, 4.69) is 44.4 Å². The lowest BCUT2D eigenvalue weighted by Crippen LogP contribution is -2.46. The van der Waals surface area contributed by atoms with Gasteiger partial charge in [0.2, 0.25) is 12.7 Å². The van der Waals surface area contributed by atoms with Gasteiger partial charge in [-0.15, -0.1) is 11.3 Å². The highest BCUT2D eigenvalue weighted by Crippen LogP contribution is 2.31. The number of ether oxygens (including phenoxy) is 3. The predicted octanol–water partition coefficient (Wildman–Crippen LogP) is 4.30. The number of benzene rings is 2. The lowest BCUT2D eigenvalue weighted by molar-refractivity contribution is -0.153. The molecule has 1 aliphatic heterocycles. The van der Waals surface area contributed by atoms with Gasteiger partial charge in [0.15, 0.2) is 0 Å². The molecular weight excluding hydrogens is 490 g/mol. The molecule has 9 heteroatoms. The number of hydrogen-bond donors (Lipinski definition) is 1. The molecule has 4 aromatic rings. The summed E-state index contributed by atoms with van der Waals surface area (Å²) in [5.74, 6) is 0.355. The summed E-state index contributed by atoms with van der Waals surface area (Å²) < 4.78 is 17.4. The first-order valence-corrected chi connectivity index (χ1v) is 13.4. The van der Waals surface area contributed by atoms with Gasteiger partial charge in [0.25, 0.3) is 0 Å². The molecule has 37 heavy (non-hydrogen) atoms. The molecular formula is C28H31N3O5S. The van der Waals surface area contributed by atoms with Gasteiger partial charge in [-0.2, -0.15) is 0 Å². The average Bonchev–Trinajstić information content (AvgIpc) is 3.42. The Kier molecular flexibility index (Phi) is 8.35. The molecule has 5 rings (SSSR count). The van der Waals surface area contributed by atoms with E-state index < -0.39 is 12.6 Å². The molecule has 0 bridgehead atoms. The predicted molar refractivity (Wildman–Crippen MR) is 146 cm³/mol. The number of aliphatic hydroxyl groups excluding tert-OH is 1. The number of aliphatic hydroxyl groups is 1. The van der Waals surface area contributed by atoms with Crippen LogP contribution in [0.2, 0.25) is 0 Å². The third-order valence-electron chi connectivity index (χ3n) is 6.52. The van der Waals surface area contributed by atoms with Crippen LogP contribution in [-0.4, -0.2) is 73.7 Å². The van der Waals surface area contributed by atoms with E-state index in [0.29, 0.717) is 12.5 Å². The Morgan fingerprint density at radius 1 is 1.00 bits per heavy atom. The second-order valence-electron chi connectivity index (χ2n) is 8.93. The molecule has 3 heterocycles. The normalized spacial score (nSPS) is 14.2. The molecule has 1 N–H and O–H groups in total. The Bertz CT molecular complexity index is 1340. The lowest BCUT2D eigenvalue weighted by atomic mass is 10.2. The minimum atomic E-state index is -0.745. The van der Waals surface area contributed by atoms with Crippen molar-refractivity contribution >= 4 is 44.0 Å². The number of fused-ring (bicyclic) bond motifs is 2. The van der Waals surface area contributed by atoms with Crippen LogP contribution in [0.15, 0.2) is 60.0 Å². The van der Waals surface area contributed by atoms with Gasteiger partial charge >= 0.3 is 5.97 Å². The van der Waals surface area contributed by atoms with Gasteiger partial charge in [0.05, 0.1) is 12.1 Å². The van der Waals surface area contributed by atoms with E-state index in [-0.39, 0.29) is 6.79 Å². The smallest absolute Gasteiger partial charge is 0.334 e. The van der Waals surface area contributed by atoms with Crippen LogP contribution in [-0.2, 0) is 9.53 Å². The third kappa shape index (κ3) is 6.49. The largest absolute Gasteiger partial charge is 0.494 e. The van der Waals surface area contributed by atoms with E-state index in [0.717, 1.165) is 62.2 Å². The summed E-state index contributed by atoms with van der Waals surface area (Å²) in [5, 5.41) is 13.2. The Morgan fingerprint density at radius 3 is 2.73 bits per heavy atom. The molecule has 1 fully saturated rings. The number of aromatic nitrogens is 1. The monoisotopic (exact) mass is 521 g/mol. The molecule has 194 valence electrons. The van der Waals surface area contributed by atoms with Crippen LogP contribution in [0.3, 0.4) is 0 Å². The summed E-state index contributed by atoms with van der Waals surface area (Å²) in [7, 11) is 0. The highest BCUT2D eigenvalue weighted by atomic mass is 32.1. The van der Waals surface area contributed by atoms with Crippen molar-refractivity contribution in [3.05, 3.63) is 60.0 Å². The van der Waals surface area contributed by atoms with Crippen molar-refractivity contribution in [2.24, 2.45) is 0 Å². The second kappa shape index (κ2) is 12.2. The molecule has 0 saturated carbocycles. The van der Waals surface area contributed by atoms with Crippen molar-refractivity contribution in [2.45, 2.75) is 12.8 Å². The van der Waals surface area contributed by atoms with E-state index in [1.807, 2.05) is 24.3 Å².